The zero-order chi connectivity index (χ0) is 35.1. The molecule has 258 valence electrons. The van der Waals surface area contributed by atoms with Gasteiger partial charge in [-0.05, 0) is 52.4 Å². The molecule has 5 amide bonds. The molecule has 1 aliphatic heterocycles. The maximum atomic E-state index is 14.3. The molecule has 3 fully saturated rings. The summed E-state index contributed by atoms with van der Waals surface area (Å²) >= 11 is 0. The van der Waals surface area contributed by atoms with Gasteiger partial charge in [0.05, 0.1) is 0 Å². The van der Waals surface area contributed by atoms with Gasteiger partial charge < -0.3 is 31.3 Å². The lowest BCUT2D eigenvalue weighted by molar-refractivity contribution is -0.150. The zero-order valence-corrected chi connectivity index (χ0v) is 28.8. The van der Waals surface area contributed by atoms with E-state index in [4.69, 9.17) is 10.5 Å². The highest BCUT2D eigenvalue weighted by Crippen LogP contribution is 2.65. The summed E-state index contributed by atoms with van der Waals surface area (Å²) in [7, 11) is 0. The van der Waals surface area contributed by atoms with E-state index in [1.54, 1.807) is 41.5 Å². The minimum atomic E-state index is -1.10. The number of fused-ring (bicyclic) bond motifs is 1. The lowest BCUT2D eigenvalue weighted by Crippen LogP contribution is -2.63. The van der Waals surface area contributed by atoms with E-state index >= 15 is 0 Å². The number of primary amides is 1. The molecule has 3 aliphatic rings. The van der Waals surface area contributed by atoms with Crippen molar-refractivity contribution in [2.45, 2.75) is 105 Å². The van der Waals surface area contributed by atoms with Crippen LogP contribution in [0, 0.1) is 34.0 Å². The highest BCUT2D eigenvalue weighted by Gasteiger charge is 2.70. The number of ether oxygens (including phenoxy) is 1. The number of rotatable bonds is 11. The Labute approximate surface area is 277 Å². The van der Waals surface area contributed by atoms with Gasteiger partial charge in [0, 0.05) is 6.54 Å². The fourth-order valence-corrected chi connectivity index (χ4v) is 6.94. The Bertz CT molecular complexity index is 1390. The minimum absolute atomic E-state index is 0.0440. The van der Waals surface area contributed by atoms with Crippen molar-refractivity contribution in [2.75, 3.05) is 6.54 Å². The van der Waals surface area contributed by atoms with Crippen LogP contribution in [0.2, 0.25) is 0 Å². The molecule has 2 saturated carbocycles. The minimum Gasteiger partial charge on any atom is -0.459 e. The molecule has 0 radical (unpaired) electrons. The van der Waals surface area contributed by atoms with E-state index in [1.807, 2.05) is 44.2 Å². The van der Waals surface area contributed by atoms with Crippen molar-refractivity contribution in [1.82, 2.24) is 20.9 Å². The average Bonchev–Trinajstić information content (AvgIpc) is 3.26. The maximum absolute atomic E-state index is 14.3. The van der Waals surface area contributed by atoms with Gasteiger partial charge in [0.25, 0.3) is 5.91 Å². The van der Waals surface area contributed by atoms with Crippen LogP contribution < -0.4 is 21.7 Å². The van der Waals surface area contributed by atoms with Crippen LogP contribution in [0.25, 0.3) is 0 Å². The molecule has 12 heteroatoms. The van der Waals surface area contributed by atoms with Crippen molar-refractivity contribution in [3.63, 3.8) is 0 Å². The van der Waals surface area contributed by atoms with Crippen molar-refractivity contribution < 1.29 is 33.5 Å². The molecular weight excluding hydrogens is 602 g/mol. The Morgan fingerprint density at radius 3 is 2.00 bits per heavy atom. The van der Waals surface area contributed by atoms with Crippen LogP contribution in [0.4, 0.5) is 4.79 Å². The summed E-state index contributed by atoms with van der Waals surface area (Å²) in [5.41, 5.74) is 4.42. The van der Waals surface area contributed by atoms with E-state index in [1.165, 1.54) is 4.90 Å². The Morgan fingerprint density at radius 1 is 0.915 bits per heavy atom. The molecular formula is C35H51N5O7. The third-order valence-corrected chi connectivity index (χ3v) is 10.2. The Balaban J connectivity index is 1.51. The number of hydrogen-bond donors (Lipinski definition) is 4. The number of esters is 1. The third kappa shape index (κ3) is 7.79. The first-order valence-electron chi connectivity index (χ1n) is 16.5. The van der Waals surface area contributed by atoms with Gasteiger partial charge in [0.2, 0.25) is 17.6 Å². The van der Waals surface area contributed by atoms with Gasteiger partial charge >= 0.3 is 12.0 Å². The first-order valence-corrected chi connectivity index (χ1v) is 16.5. The number of benzene rings is 1. The molecule has 0 aromatic heterocycles. The smallest absolute Gasteiger partial charge is 0.329 e. The molecule has 4 rings (SSSR count). The van der Waals surface area contributed by atoms with Gasteiger partial charge in [-0.15, -0.1) is 0 Å². The van der Waals surface area contributed by atoms with Gasteiger partial charge in [-0.1, -0.05) is 92.1 Å². The van der Waals surface area contributed by atoms with E-state index in [-0.39, 0.29) is 29.8 Å². The van der Waals surface area contributed by atoms with Crippen molar-refractivity contribution >= 4 is 35.5 Å². The van der Waals surface area contributed by atoms with Crippen LogP contribution in [0.5, 0.6) is 0 Å². The molecule has 1 heterocycles. The molecule has 1 saturated heterocycles. The number of piperidine rings is 1. The molecule has 0 bridgehead atoms. The number of urea groups is 1. The Morgan fingerprint density at radius 2 is 1.49 bits per heavy atom. The molecule has 6 atom stereocenters. The molecule has 5 N–H and O–H groups in total. The molecule has 1 aromatic rings. The fraction of sp³-hybridized carbons (Fsp3) is 0.657. The van der Waals surface area contributed by atoms with Crippen LogP contribution in [0.3, 0.4) is 0 Å². The summed E-state index contributed by atoms with van der Waals surface area (Å²) in [6, 6.07) is 4.47. The van der Waals surface area contributed by atoms with E-state index in [9.17, 15) is 28.8 Å². The average molecular weight is 654 g/mol. The van der Waals surface area contributed by atoms with E-state index in [2.05, 4.69) is 16.0 Å². The number of nitrogens with one attached hydrogen (secondary N) is 3. The molecule has 47 heavy (non-hydrogen) atoms. The van der Waals surface area contributed by atoms with Crippen LogP contribution in [0.15, 0.2) is 30.3 Å². The molecule has 1 unspecified atom stereocenters. The number of nitrogens with two attached hydrogens (primary N) is 1. The largest absolute Gasteiger partial charge is 0.459 e. The Hall–Kier alpha value is -3.96. The molecule has 0 spiro atoms. The fourth-order valence-electron chi connectivity index (χ4n) is 6.94. The predicted octanol–water partition coefficient (Wildman–Crippen LogP) is 2.68. The summed E-state index contributed by atoms with van der Waals surface area (Å²) in [5, 5.41) is 8.30. The highest BCUT2D eigenvalue weighted by atomic mass is 16.5. The van der Waals surface area contributed by atoms with Gasteiger partial charge in [-0.25, -0.2) is 9.59 Å². The SMILES string of the molecule is CC(C)(C)[C@H](NC(=O)N[C@H](C(=O)N1C[C@H]2[C@@H]([C@H]1C(=O)NC(C(=O)C(N)=O)C1CCC1)C2(C)C)C(C)(C)C)C(=O)OCc1ccccc1. The quantitative estimate of drug-likeness (QED) is 0.210. The molecule has 1 aromatic carbocycles. The van der Waals surface area contributed by atoms with Crippen molar-refractivity contribution in [2.24, 2.45) is 39.7 Å². The topological polar surface area (TPSA) is 177 Å². The summed E-state index contributed by atoms with van der Waals surface area (Å²) < 4.78 is 5.53. The second-order valence-electron chi connectivity index (χ2n) is 16.1. The van der Waals surface area contributed by atoms with Gasteiger partial charge in [0.15, 0.2) is 0 Å². The first kappa shape index (κ1) is 35.9. The number of Topliss-reactive ketones (excluding diaryl/α,β-unsaturated/α-hetero) is 1. The third-order valence-electron chi connectivity index (χ3n) is 10.2. The zero-order valence-electron chi connectivity index (χ0n) is 28.8. The van der Waals surface area contributed by atoms with Gasteiger partial charge in [-0.3, -0.25) is 19.2 Å². The number of hydrogen-bond acceptors (Lipinski definition) is 7. The summed E-state index contributed by atoms with van der Waals surface area (Å²) in [4.78, 5) is 80.8. The summed E-state index contributed by atoms with van der Waals surface area (Å²) in [6.07, 6.45) is 2.27. The van der Waals surface area contributed by atoms with E-state index in [0.717, 1.165) is 12.0 Å². The normalized spacial score (nSPS) is 23.7. The van der Waals surface area contributed by atoms with E-state index in [0.29, 0.717) is 19.4 Å². The van der Waals surface area contributed by atoms with Crippen LogP contribution in [0.1, 0.15) is 80.2 Å². The molecule has 12 nitrogen and oxygen atoms in total. The number of likely N-dealkylation sites (tertiary alicyclic amines) is 1. The predicted molar refractivity (Wildman–Crippen MR) is 174 cm³/mol. The lowest BCUT2D eigenvalue weighted by Gasteiger charge is -2.39. The van der Waals surface area contributed by atoms with Crippen LogP contribution in [-0.2, 0) is 35.3 Å². The highest BCUT2D eigenvalue weighted by molar-refractivity contribution is 6.38. The standard InChI is InChI=1S/C35H51N5O7/c1-33(2,3)26(38-32(46)39-27(34(4,5)6)31(45)47-18-19-13-10-9-11-14-19)30(44)40-17-21-22(35(21,7)8)24(40)29(43)37-23(20-15-12-16-20)25(41)28(36)42/h9-11,13-14,20-24,26-27H,12,15-18H2,1-8H3,(H2,36,42)(H,37,43)(H2,38,39,46)/t21-,22-,23?,24-,26+,27+/m0/s1. The molecule has 2 aliphatic carbocycles. The van der Waals surface area contributed by atoms with Crippen LogP contribution >= 0.6 is 0 Å². The number of nitrogens with zero attached hydrogens (tertiary/aromatic N) is 1. The summed E-state index contributed by atoms with van der Waals surface area (Å²) in [6.45, 7) is 15.2. The number of ketones is 1. The van der Waals surface area contributed by atoms with Crippen molar-refractivity contribution in [3.8, 4) is 0 Å². The maximum Gasteiger partial charge on any atom is 0.329 e. The lowest BCUT2D eigenvalue weighted by atomic mass is 9.78. The van der Waals surface area contributed by atoms with Gasteiger partial charge in [-0.2, -0.15) is 0 Å². The van der Waals surface area contributed by atoms with E-state index < -0.39 is 70.5 Å². The van der Waals surface area contributed by atoms with Crippen molar-refractivity contribution in [1.29, 1.82) is 0 Å². The summed E-state index contributed by atoms with van der Waals surface area (Å²) in [5.74, 6) is -3.80. The number of carbonyl (C=O) groups is 6. The number of amides is 5. The second-order valence-corrected chi connectivity index (χ2v) is 16.1. The number of carbonyl (C=O) groups excluding carboxylic acids is 6. The van der Waals surface area contributed by atoms with Crippen LogP contribution in [-0.4, -0.2) is 71.1 Å². The van der Waals surface area contributed by atoms with Gasteiger partial charge in [0.1, 0.15) is 30.8 Å². The van der Waals surface area contributed by atoms with Crippen molar-refractivity contribution in [3.05, 3.63) is 35.9 Å². The monoisotopic (exact) mass is 653 g/mol. The Kier molecular flexibility index (Phi) is 10.1. The second kappa shape index (κ2) is 13.3. The first-order chi connectivity index (χ1) is 21.7.